The standard InChI is InChI=1S/C17H29NO4/c1-7-9-10-22-15(21)16(4,5)12-17(6,8-2)14(20)18-11-13(3)19/h13,19H,8,10-12H2,1-6H3,(H,18,20). The fraction of sp³-hybridized carbons (Fsp3) is 0.765. The largest absolute Gasteiger partial charge is 0.452 e. The van der Waals surface area contributed by atoms with Crippen molar-refractivity contribution in [2.45, 2.75) is 60.5 Å². The lowest BCUT2D eigenvalue weighted by atomic mass is 9.72. The second-order valence-electron chi connectivity index (χ2n) is 6.54. The molecule has 0 aromatic heterocycles. The molecule has 2 atom stereocenters. The molecule has 0 aliphatic heterocycles. The highest BCUT2D eigenvalue weighted by atomic mass is 16.5. The van der Waals surface area contributed by atoms with Crippen LogP contribution in [0.5, 0.6) is 0 Å². The summed E-state index contributed by atoms with van der Waals surface area (Å²) >= 11 is 0. The predicted molar refractivity (Wildman–Crippen MR) is 85.9 cm³/mol. The van der Waals surface area contributed by atoms with E-state index in [1.165, 1.54) is 0 Å². The maximum Gasteiger partial charge on any atom is 0.312 e. The van der Waals surface area contributed by atoms with Crippen molar-refractivity contribution in [3.63, 3.8) is 0 Å². The van der Waals surface area contributed by atoms with E-state index in [1.807, 2.05) is 13.8 Å². The van der Waals surface area contributed by atoms with Gasteiger partial charge in [0.2, 0.25) is 5.91 Å². The predicted octanol–water partition coefficient (Wildman–Crippen LogP) is 1.88. The highest BCUT2D eigenvalue weighted by Gasteiger charge is 2.41. The Balaban J connectivity index is 4.88. The van der Waals surface area contributed by atoms with Crippen molar-refractivity contribution in [2.75, 3.05) is 13.2 Å². The van der Waals surface area contributed by atoms with E-state index >= 15 is 0 Å². The molecule has 126 valence electrons. The molecular formula is C17H29NO4. The number of hydrogen-bond donors (Lipinski definition) is 2. The fourth-order valence-electron chi connectivity index (χ4n) is 2.24. The second kappa shape index (κ2) is 8.79. The molecule has 0 rings (SSSR count). The summed E-state index contributed by atoms with van der Waals surface area (Å²) < 4.78 is 5.13. The Labute approximate surface area is 133 Å². The quantitative estimate of drug-likeness (QED) is 0.530. The van der Waals surface area contributed by atoms with Crippen molar-refractivity contribution in [1.29, 1.82) is 0 Å². The number of hydrogen-bond acceptors (Lipinski definition) is 4. The van der Waals surface area contributed by atoms with Gasteiger partial charge >= 0.3 is 5.97 Å². The Morgan fingerprint density at radius 3 is 2.36 bits per heavy atom. The summed E-state index contributed by atoms with van der Waals surface area (Å²) in [5, 5.41) is 12.0. The first-order valence-corrected chi connectivity index (χ1v) is 7.62. The summed E-state index contributed by atoms with van der Waals surface area (Å²) in [6.07, 6.45) is 0.348. The molecule has 0 bridgehead atoms. The average molecular weight is 311 g/mol. The molecule has 1 amide bonds. The van der Waals surface area contributed by atoms with Gasteiger partial charge in [-0.2, -0.15) is 0 Å². The number of carbonyl (C=O) groups is 2. The minimum Gasteiger partial charge on any atom is -0.452 e. The minimum atomic E-state index is -0.789. The number of esters is 1. The van der Waals surface area contributed by atoms with Crippen molar-refractivity contribution in [1.82, 2.24) is 5.32 Å². The Morgan fingerprint density at radius 2 is 1.91 bits per heavy atom. The molecular weight excluding hydrogens is 282 g/mol. The molecule has 0 fully saturated rings. The van der Waals surface area contributed by atoms with Crippen LogP contribution >= 0.6 is 0 Å². The van der Waals surface area contributed by atoms with Crippen LogP contribution in [0.1, 0.15) is 54.4 Å². The molecule has 0 saturated carbocycles. The number of rotatable bonds is 8. The van der Waals surface area contributed by atoms with Gasteiger partial charge in [-0.15, -0.1) is 5.92 Å². The lowest BCUT2D eigenvalue weighted by Gasteiger charge is -2.34. The number of carbonyl (C=O) groups excluding carboxylic acids is 2. The Hall–Kier alpha value is -1.54. The summed E-state index contributed by atoms with van der Waals surface area (Å²) in [6.45, 7) is 10.8. The molecule has 0 heterocycles. The maximum atomic E-state index is 12.4. The van der Waals surface area contributed by atoms with Gasteiger partial charge in [0.05, 0.1) is 11.5 Å². The number of aliphatic hydroxyl groups excluding tert-OH is 1. The van der Waals surface area contributed by atoms with Gasteiger partial charge in [-0.25, -0.2) is 0 Å². The zero-order chi connectivity index (χ0) is 17.4. The first-order valence-electron chi connectivity index (χ1n) is 7.62. The van der Waals surface area contributed by atoms with Gasteiger partial charge in [0.25, 0.3) is 0 Å². The van der Waals surface area contributed by atoms with Crippen molar-refractivity contribution in [3.8, 4) is 11.8 Å². The molecule has 2 unspecified atom stereocenters. The average Bonchev–Trinajstić information content (AvgIpc) is 2.44. The first kappa shape index (κ1) is 20.5. The molecule has 0 aliphatic carbocycles. The van der Waals surface area contributed by atoms with E-state index in [2.05, 4.69) is 17.2 Å². The SMILES string of the molecule is CC#CCOC(=O)C(C)(C)CC(C)(CC)C(=O)NCC(C)O. The molecule has 0 aromatic rings. The molecule has 0 spiro atoms. The third-order valence-electron chi connectivity index (χ3n) is 3.72. The molecule has 22 heavy (non-hydrogen) atoms. The second-order valence-corrected chi connectivity index (χ2v) is 6.54. The van der Waals surface area contributed by atoms with E-state index in [-0.39, 0.29) is 25.0 Å². The summed E-state index contributed by atoms with van der Waals surface area (Å²) in [5.74, 6) is 4.82. The third kappa shape index (κ3) is 6.48. The van der Waals surface area contributed by atoms with Gasteiger partial charge in [0, 0.05) is 12.0 Å². The van der Waals surface area contributed by atoms with Crippen molar-refractivity contribution < 1.29 is 19.4 Å². The Bertz CT molecular complexity index is 445. The summed E-state index contributed by atoms with van der Waals surface area (Å²) in [6, 6.07) is 0. The normalized spacial score (nSPS) is 15.0. The molecule has 0 saturated heterocycles. The van der Waals surface area contributed by atoms with Gasteiger partial charge in [0.15, 0.2) is 6.61 Å². The van der Waals surface area contributed by atoms with E-state index in [0.717, 1.165) is 0 Å². The van der Waals surface area contributed by atoms with E-state index in [9.17, 15) is 14.7 Å². The van der Waals surface area contributed by atoms with Crippen LogP contribution in [0.2, 0.25) is 0 Å². The van der Waals surface area contributed by atoms with Crippen LogP contribution in [0.15, 0.2) is 0 Å². The van der Waals surface area contributed by atoms with E-state index in [4.69, 9.17) is 4.74 Å². The van der Waals surface area contributed by atoms with Crippen molar-refractivity contribution in [2.24, 2.45) is 10.8 Å². The van der Waals surface area contributed by atoms with E-state index in [0.29, 0.717) is 12.8 Å². The summed E-state index contributed by atoms with van der Waals surface area (Å²) in [4.78, 5) is 24.5. The van der Waals surface area contributed by atoms with Gasteiger partial charge in [-0.05, 0) is 40.5 Å². The maximum absolute atomic E-state index is 12.4. The monoisotopic (exact) mass is 311 g/mol. The molecule has 0 aromatic carbocycles. The highest BCUT2D eigenvalue weighted by molar-refractivity contribution is 5.84. The Morgan fingerprint density at radius 1 is 1.32 bits per heavy atom. The van der Waals surface area contributed by atoms with Crippen LogP contribution in [-0.4, -0.2) is 36.2 Å². The van der Waals surface area contributed by atoms with Gasteiger partial charge in [-0.1, -0.05) is 19.8 Å². The third-order valence-corrected chi connectivity index (χ3v) is 3.72. The van der Waals surface area contributed by atoms with Crippen LogP contribution in [0.4, 0.5) is 0 Å². The lowest BCUT2D eigenvalue weighted by Crippen LogP contribution is -2.45. The van der Waals surface area contributed by atoms with Crippen LogP contribution in [0.25, 0.3) is 0 Å². The minimum absolute atomic E-state index is 0.0653. The molecule has 0 radical (unpaired) electrons. The van der Waals surface area contributed by atoms with Crippen LogP contribution < -0.4 is 5.32 Å². The molecule has 0 aliphatic rings. The van der Waals surface area contributed by atoms with Crippen LogP contribution in [0, 0.1) is 22.7 Å². The zero-order valence-electron chi connectivity index (χ0n) is 14.6. The molecule has 5 heteroatoms. The smallest absolute Gasteiger partial charge is 0.312 e. The number of amides is 1. The van der Waals surface area contributed by atoms with Crippen LogP contribution in [-0.2, 0) is 14.3 Å². The number of ether oxygens (including phenoxy) is 1. The first-order chi connectivity index (χ1) is 10.1. The fourth-order valence-corrected chi connectivity index (χ4v) is 2.24. The highest BCUT2D eigenvalue weighted by Crippen LogP contribution is 2.37. The topological polar surface area (TPSA) is 75.6 Å². The molecule has 5 nitrogen and oxygen atoms in total. The Kier molecular flexibility index (Phi) is 8.18. The van der Waals surface area contributed by atoms with Gasteiger partial charge < -0.3 is 15.2 Å². The van der Waals surface area contributed by atoms with Gasteiger partial charge in [-0.3, -0.25) is 9.59 Å². The number of aliphatic hydroxyl groups is 1. The van der Waals surface area contributed by atoms with Crippen molar-refractivity contribution in [3.05, 3.63) is 0 Å². The van der Waals surface area contributed by atoms with Crippen molar-refractivity contribution >= 4 is 11.9 Å². The lowest BCUT2D eigenvalue weighted by molar-refractivity contribution is -0.155. The van der Waals surface area contributed by atoms with E-state index in [1.54, 1.807) is 27.7 Å². The summed E-state index contributed by atoms with van der Waals surface area (Å²) in [5.41, 5.74) is -1.49. The molecule has 2 N–H and O–H groups in total. The van der Waals surface area contributed by atoms with E-state index < -0.39 is 16.9 Å². The number of nitrogens with one attached hydrogen (secondary N) is 1. The van der Waals surface area contributed by atoms with Crippen LogP contribution in [0.3, 0.4) is 0 Å². The van der Waals surface area contributed by atoms with Gasteiger partial charge in [0.1, 0.15) is 0 Å². The zero-order valence-corrected chi connectivity index (χ0v) is 14.6. The summed E-state index contributed by atoms with van der Waals surface area (Å²) in [7, 11) is 0.